The van der Waals surface area contributed by atoms with Crippen molar-refractivity contribution in [3.63, 3.8) is 0 Å². The van der Waals surface area contributed by atoms with Gasteiger partial charge in [-0.25, -0.2) is 4.79 Å². The minimum atomic E-state index is -1.78. The second-order valence-corrected chi connectivity index (χ2v) is 11.5. The summed E-state index contributed by atoms with van der Waals surface area (Å²) in [4.78, 5) is 99.7. The van der Waals surface area contributed by atoms with E-state index in [-0.39, 0.29) is 12.3 Å². The van der Waals surface area contributed by atoms with Crippen molar-refractivity contribution in [1.29, 1.82) is 0 Å². The van der Waals surface area contributed by atoms with E-state index in [2.05, 4.69) is 26.6 Å². The summed E-state index contributed by atoms with van der Waals surface area (Å²) in [6.07, 6.45) is -3.96. The predicted molar refractivity (Wildman–Crippen MR) is 164 cm³/mol. The first-order valence-electron chi connectivity index (χ1n) is 14.8. The highest BCUT2D eigenvalue weighted by Crippen LogP contribution is 2.08. The maximum absolute atomic E-state index is 13.3. The van der Waals surface area contributed by atoms with Crippen molar-refractivity contribution < 1.29 is 63.9 Å². The van der Waals surface area contributed by atoms with Gasteiger partial charge in [0.2, 0.25) is 41.4 Å². The molecular formula is C27H48N8O13. The van der Waals surface area contributed by atoms with Gasteiger partial charge in [0.05, 0.1) is 37.9 Å². The SMILES string of the molecule is CC(C)C[C@H](NC(=O)[C@H](CC(N)=O)NC(=O)[C@H](CO)NC(=O)[C@@H](NC(=O)[C@H](C)N)[C@@H](C)O)C(=O)N[C@H](C(=O)N[C@@H](CO)C(=O)O)[C@@H](C)O. The molecule has 21 heteroatoms. The highest BCUT2D eigenvalue weighted by atomic mass is 16.4. The number of carbonyl (C=O) groups excluding carboxylic acids is 7. The topological polar surface area (TPSA) is 362 Å². The van der Waals surface area contributed by atoms with Gasteiger partial charge in [0.15, 0.2) is 0 Å². The largest absolute Gasteiger partial charge is 0.480 e. The van der Waals surface area contributed by atoms with Crippen molar-refractivity contribution >= 4 is 47.3 Å². The number of carboxylic acids is 1. The highest BCUT2D eigenvalue weighted by molar-refractivity contribution is 5.98. The van der Waals surface area contributed by atoms with E-state index in [0.29, 0.717) is 0 Å². The summed E-state index contributed by atoms with van der Waals surface area (Å²) >= 11 is 0. The van der Waals surface area contributed by atoms with Crippen LogP contribution >= 0.6 is 0 Å². The summed E-state index contributed by atoms with van der Waals surface area (Å²) < 4.78 is 0. The molecule has 0 aliphatic rings. The molecule has 0 radical (unpaired) electrons. The molecule has 0 bridgehead atoms. The first-order valence-corrected chi connectivity index (χ1v) is 14.8. The van der Waals surface area contributed by atoms with Crippen LogP contribution in [-0.2, 0) is 38.4 Å². The van der Waals surface area contributed by atoms with Gasteiger partial charge < -0.3 is 68.9 Å². The molecule has 9 atom stereocenters. The molecule has 21 nitrogen and oxygen atoms in total. The smallest absolute Gasteiger partial charge is 0.328 e. The fourth-order valence-electron chi connectivity index (χ4n) is 3.91. The van der Waals surface area contributed by atoms with Gasteiger partial charge in [0.1, 0.15) is 36.3 Å². The summed E-state index contributed by atoms with van der Waals surface area (Å²) in [5.74, 6) is -9.42. The van der Waals surface area contributed by atoms with Crippen LogP contribution in [0.25, 0.3) is 0 Å². The standard InChI is InChI=1S/C27H48N8O13/c1-10(2)6-14(23(43)35-20(13(5)39)26(46)33-17(9-37)27(47)48)30-22(42)15(7-18(29)40)31-24(44)16(8-36)32-25(45)19(12(4)38)34-21(41)11(3)28/h10-17,19-20,36-39H,6-9,28H2,1-5H3,(H2,29,40)(H,30,42)(H,31,44)(H,32,45)(H,33,46)(H,34,41)(H,35,43)(H,47,48)/t11-,12+,13+,14-,15-,16-,17-,19-,20-/m0/s1. The van der Waals surface area contributed by atoms with Gasteiger partial charge in [-0.15, -0.1) is 0 Å². The number of nitrogens with two attached hydrogens (primary N) is 2. The maximum Gasteiger partial charge on any atom is 0.328 e. The van der Waals surface area contributed by atoms with Crippen LogP contribution in [0.4, 0.5) is 0 Å². The Hall–Kier alpha value is -4.44. The maximum atomic E-state index is 13.3. The second-order valence-electron chi connectivity index (χ2n) is 11.5. The average molecular weight is 693 g/mol. The molecule has 0 unspecified atom stereocenters. The number of aliphatic hydroxyl groups excluding tert-OH is 4. The lowest BCUT2D eigenvalue weighted by Gasteiger charge is -2.28. The van der Waals surface area contributed by atoms with Crippen LogP contribution in [0.2, 0.25) is 0 Å². The Morgan fingerprint density at radius 3 is 1.31 bits per heavy atom. The number of aliphatic carboxylic acids is 1. The van der Waals surface area contributed by atoms with Gasteiger partial charge in [-0.3, -0.25) is 33.6 Å². The minimum Gasteiger partial charge on any atom is -0.480 e. The zero-order valence-corrected chi connectivity index (χ0v) is 27.3. The van der Waals surface area contributed by atoms with Crippen molar-refractivity contribution in [2.75, 3.05) is 13.2 Å². The van der Waals surface area contributed by atoms with Crippen LogP contribution in [0.1, 0.15) is 47.5 Å². The molecule has 48 heavy (non-hydrogen) atoms. The van der Waals surface area contributed by atoms with Gasteiger partial charge in [0.25, 0.3) is 0 Å². The highest BCUT2D eigenvalue weighted by Gasteiger charge is 2.35. The van der Waals surface area contributed by atoms with Gasteiger partial charge in [0, 0.05) is 0 Å². The van der Waals surface area contributed by atoms with E-state index in [1.807, 2.05) is 5.32 Å². The summed E-state index contributed by atoms with van der Waals surface area (Å²) in [5, 5.41) is 60.9. The lowest BCUT2D eigenvalue weighted by molar-refractivity contribution is -0.144. The number of aliphatic hydroxyl groups is 4. The number of nitrogens with one attached hydrogen (secondary N) is 6. The molecule has 0 aromatic rings. The van der Waals surface area contributed by atoms with Gasteiger partial charge in [-0.1, -0.05) is 13.8 Å². The van der Waals surface area contributed by atoms with E-state index in [0.717, 1.165) is 13.8 Å². The third-order valence-corrected chi connectivity index (χ3v) is 6.53. The fraction of sp³-hybridized carbons (Fsp3) is 0.704. The van der Waals surface area contributed by atoms with Crippen molar-refractivity contribution in [3.05, 3.63) is 0 Å². The lowest BCUT2D eigenvalue weighted by atomic mass is 10.0. The molecule has 7 amide bonds. The molecule has 0 aliphatic heterocycles. The molecule has 0 saturated carbocycles. The average Bonchev–Trinajstić information content (AvgIpc) is 2.97. The molecule has 0 saturated heterocycles. The lowest BCUT2D eigenvalue weighted by Crippen LogP contribution is -2.62. The quantitative estimate of drug-likeness (QED) is 0.0532. The Kier molecular flexibility index (Phi) is 18.8. The van der Waals surface area contributed by atoms with Gasteiger partial charge in [-0.05, 0) is 33.1 Å². The number of primary amides is 1. The summed E-state index contributed by atoms with van der Waals surface area (Å²) in [5.41, 5.74) is 10.7. The number of hydrogen-bond donors (Lipinski definition) is 13. The Bertz CT molecular complexity index is 1160. The first kappa shape index (κ1) is 43.6. The fourth-order valence-corrected chi connectivity index (χ4v) is 3.91. The van der Waals surface area contributed by atoms with Crippen LogP contribution in [0.15, 0.2) is 0 Å². The van der Waals surface area contributed by atoms with Crippen LogP contribution in [0.3, 0.4) is 0 Å². The van der Waals surface area contributed by atoms with Crippen molar-refractivity contribution in [2.45, 2.75) is 102 Å². The summed E-state index contributed by atoms with van der Waals surface area (Å²) in [7, 11) is 0. The summed E-state index contributed by atoms with van der Waals surface area (Å²) in [6, 6.07) is -11.2. The van der Waals surface area contributed by atoms with Crippen LogP contribution in [0, 0.1) is 5.92 Å². The Labute approximate surface area is 275 Å². The van der Waals surface area contributed by atoms with E-state index >= 15 is 0 Å². The van der Waals surface area contributed by atoms with E-state index in [4.69, 9.17) is 16.6 Å². The third kappa shape index (κ3) is 15.0. The van der Waals surface area contributed by atoms with Crippen LogP contribution < -0.4 is 43.4 Å². The Morgan fingerprint density at radius 1 is 0.562 bits per heavy atom. The normalized spacial score (nSPS) is 16.7. The van der Waals surface area contributed by atoms with Crippen molar-refractivity contribution in [2.24, 2.45) is 17.4 Å². The Balaban J connectivity index is 6.01. The Morgan fingerprint density at radius 2 is 0.938 bits per heavy atom. The second kappa shape index (κ2) is 20.7. The van der Waals surface area contributed by atoms with E-state index in [1.165, 1.54) is 6.92 Å². The van der Waals surface area contributed by atoms with Crippen LogP contribution in [0.5, 0.6) is 0 Å². The van der Waals surface area contributed by atoms with E-state index in [9.17, 15) is 58.8 Å². The number of rotatable bonds is 21. The molecule has 0 heterocycles. The number of carbonyl (C=O) groups is 8. The minimum absolute atomic E-state index is 0.0828. The molecule has 274 valence electrons. The zero-order chi connectivity index (χ0) is 37.5. The molecule has 0 spiro atoms. The molecule has 15 N–H and O–H groups in total. The van der Waals surface area contributed by atoms with E-state index in [1.54, 1.807) is 13.8 Å². The molecule has 0 rings (SSSR count). The van der Waals surface area contributed by atoms with Gasteiger partial charge >= 0.3 is 5.97 Å². The molecule has 0 aliphatic carbocycles. The molecule has 0 fully saturated rings. The first-order chi connectivity index (χ1) is 22.2. The summed E-state index contributed by atoms with van der Waals surface area (Å²) in [6.45, 7) is 4.88. The number of hydrogen-bond acceptors (Lipinski definition) is 13. The number of carboxylic acid groups (broad SMARTS) is 1. The molecule has 0 aromatic carbocycles. The predicted octanol–water partition coefficient (Wildman–Crippen LogP) is -7.01. The third-order valence-electron chi connectivity index (χ3n) is 6.53. The zero-order valence-electron chi connectivity index (χ0n) is 27.3. The van der Waals surface area contributed by atoms with Crippen molar-refractivity contribution in [1.82, 2.24) is 31.9 Å². The monoisotopic (exact) mass is 692 g/mol. The van der Waals surface area contributed by atoms with Crippen LogP contribution in [-0.4, -0.2) is 141 Å². The van der Waals surface area contributed by atoms with Crippen molar-refractivity contribution in [3.8, 4) is 0 Å². The molecular weight excluding hydrogens is 644 g/mol. The molecule has 0 aromatic heterocycles. The van der Waals surface area contributed by atoms with Gasteiger partial charge in [-0.2, -0.15) is 0 Å². The number of amides is 7. The van der Waals surface area contributed by atoms with E-state index < -0.39 is 121 Å².